The van der Waals surface area contributed by atoms with Gasteiger partial charge in [-0.25, -0.2) is 4.98 Å². The highest BCUT2D eigenvalue weighted by Gasteiger charge is 2.06. The normalized spacial score (nSPS) is 13.1. The monoisotopic (exact) mass is 195 g/mol. The van der Waals surface area contributed by atoms with Crippen LogP contribution in [0.5, 0.6) is 0 Å². The first-order valence-corrected chi connectivity index (χ1v) is 5.57. The Labute approximate surface area is 86.1 Å². The highest BCUT2D eigenvalue weighted by Crippen LogP contribution is 2.11. The van der Waals surface area contributed by atoms with E-state index in [-0.39, 0.29) is 6.04 Å². The van der Waals surface area contributed by atoms with E-state index in [4.69, 9.17) is 5.73 Å². The van der Waals surface area contributed by atoms with E-state index in [1.165, 1.54) is 19.3 Å². The Bertz CT molecular complexity index is 255. The molecule has 3 nitrogen and oxygen atoms in total. The van der Waals surface area contributed by atoms with E-state index >= 15 is 0 Å². The lowest BCUT2D eigenvalue weighted by molar-refractivity contribution is 0.668. The van der Waals surface area contributed by atoms with Crippen molar-refractivity contribution in [2.24, 2.45) is 5.73 Å². The fourth-order valence-electron chi connectivity index (χ4n) is 1.46. The highest BCUT2D eigenvalue weighted by atomic mass is 14.9. The van der Waals surface area contributed by atoms with Crippen molar-refractivity contribution in [2.75, 3.05) is 0 Å². The van der Waals surface area contributed by atoms with E-state index in [1.807, 2.05) is 6.20 Å². The van der Waals surface area contributed by atoms with Crippen molar-refractivity contribution in [1.82, 2.24) is 9.97 Å². The summed E-state index contributed by atoms with van der Waals surface area (Å²) in [5.41, 5.74) is 6.96. The average Bonchev–Trinajstić information content (AvgIpc) is 2.66. The minimum atomic E-state index is 0.113. The molecule has 0 aliphatic heterocycles. The number of rotatable bonds is 6. The number of aromatic nitrogens is 2. The van der Waals surface area contributed by atoms with Crippen molar-refractivity contribution >= 4 is 0 Å². The van der Waals surface area contributed by atoms with E-state index in [2.05, 4.69) is 23.8 Å². The fraction of sp³-hybridized carbons (Fsp3) is 0.727. The van der Waals surface area contributed by atoms with Crippen LogP contribution in [0.3, 0.4) is 0 Å². The smallest absolute Gasteiger partial charge is 0.106 e. The van der Waals surface area contributed by atoms with Crippen LogP contribution < -0.4 is 5.73 Å². The van der Waals surface area contributed by atoms with Crippen molar-refractivity contribution in [1.29, 1.82) is 0 Å². The predicted octanol–water partition coefficient (Wildman–Crippen LogP) is 2.55. The number of nitrogens with two attached hydrogens (primary N) is 1. The molecule has 0 saturated heterocycles. The summed E-state index contributed by atoms with van der Waals surface area (Å²) in [5.74, 6) is 1.08. The zero-order chi connectivity index (χ0) is 10.4. The Balaban J connectivity index is 2.42. The van der Waals surface area contributed by atoms with Crippen LogP contribution in [0.2, 0.25) is 0 Å². The van der Waals surface area contributed by atoms with E-state index in [0.717, 1.165) is 24.4 Å². The molecule has 0 aromatic carbocycles. The number of nitrogens with zero attached hydrogens (tertiary/aromatic N) is 1. The van der Waals surface area contributed by atoms with Gasteiger partial charge in [-0.3, -0.25) is 0 Å². The molecule has 0 bridgehead atoms. The van der Waals surface area contributed by atoms with E-state index < -0.39 is 0 Å². The summed E-state index contributed by atoms with van der Waals surface area (Å²) >= 11 is 0. The molecule has 0 aliphatic rings. The number of hydrogen-bond acceptors (Lipinski definition) is 2. The Morgan fingerprint density at radius 3 is 2.86 bits per heavy atom. The molecular weight excluding hydrogens is 174 g/mol. The Morgan fingerprint density at radius 1 is 1.43 bits per heavy atom. The molecule has 0 radical (unpaired) electrons. The summed E-state index contributed by atoms with van der Waals surface area (Å²) in [6, 6.07) is 0.113. The second kappa shape index (κ2) is 5.81. The Hall–Kier alpha value is -0.830. The van der Waals surface area contributed by atoms with Crippen LogP contribution in [-0.2, 0) is 6.42 Å². The molecule has 1 rings (SSSR count). The summed E-state index contributed by atoms with van der Waals surface area (Å²) in [7, 11) is 0. The largest absolute Gasteiger partial charge is 0.345 e. The van der Waals surface area contributed by atoms with Gasteiger partial charge >= 0.3 is 0 Å². The van der Waals surface area contributed by atoms with E-state index in [0.29, 0.717) is 0 Å². The molecule has 0 spiro atoms. The standard InChI is InChI=1S/C11H21N3/c1-3-5-6-7-11-13-8-10(14-11)9(12)4-2/h8-9H,3-7,12H2,1-2H3,(H,13,14). The molecule has 1 aromatic rings. The summed E-state index contributed by atoms with van der Waals surface area (Å²) in [6.07, 6.45) is 7.61. The summed E-state index contributed by atoms with van der Waals surface area (Å²) < 4.78 is 0. The number of aromatic amines is 1. The van der Waals surface area contributed by atoms with Gasteiger partial charge in [0.15, 0.2) is 0 Å². The van der Waals surface area contributed by atoms with Gasteiger partial charge in [0.2, 0.25) is 0 Å². The minimum Gasteiger partial charge on any atom is -0.345 e. The summed E-state index contributed by atoms with van der Waals surface area (Å²) in [5, 5.41) is 0. The van der Waals surface area contributed by atoms with Gasteiger partial charge in [0.25, 0.3) is 0 Å². The predicted molar refractivity (Wildman–Crippen MR) is 59.0 cm³/mol. The van der Waals surface area contributed by atoms with Crippen LogP contribution in [0.1, 0.15) is 57.1 Å². The molecule has 0 saturated carbocycles. The van der Waals surface area contributed by atoms with Crippen LogP contribution in [0.15, 0.2) is 6.20 Å². The molecule has 1 heterocycles. The number of imidazole rings is 1. The number of H-pyrrole nitrogens is 1. The van der Waals surface area contributed by atoms with Crippen molar-refractivity contribution in [3.05, 3.63) is 17.7 Å². The minimum absolute atomic E-state index is 0.113. The van der Waals surface area contributed by atoms with Gasteiger partial charge in [0, 0.05) is 18.7 Å². The van der Waals surface area contributed by atoms with Crippen molar-refractivity contribution < 1.29 is 0 Å². The second-order valence-electron chi connectivity index (χ2n) is 3.76. The van der Waals surface area contributed by atoms with Gasteiger partial charge in [-0.1, -0.05) is 26.7 Å². The maximum Gasteiger partial charge on any atom is 0.106 e. The first-order chi connectivity index (χ1) is 6.77. The zero-order valence-electron chi connectivity index (χ0n) is 9.21. The van der Waals surface area contributed by atoms with E-state index in [1.54, 1.807) is 0 Å². The van der Waals surface area contributed by atoms with Crippen LogP contribution in [0.4, 0.5) is 0 Å². The number of unbranched alkanes of at least 4 members (excludes halogenated alkanes) is 2. The molecule has 80 valence electrons. The molecule has 3 N–H and O–H groups in total. The van der Waals surface area contributed by atoms with Gasteiger partial charge in [-0.2, -0.15) is 0 Å². The maximum atomic E-state index is 5.89. The molecule has 1 unspecified atom stereocenters. The quantitative estimate of drug-likeness (QED) is 0.685. The number of nitrogens with one attached hydrogen (secondary N) is 1. The van der Waals surface area contributed by atoms with E-state index in [9.17, 15) is 0 Å². The molecule has 0 fully saturated rings. The van der Waals surface area contributed by atoms with Crippen LogP contribution in [0, 0.1) is 0 Å². The highest BCUT2D eigenvalue weighted by molar-refractivity contribution is 5.05. The number of hydrogen-bond donors (Lipinski definition) is 2. The topological polar surface area (TPSA) is 54.7 Å². The van der Waals surface area contributed by atoms with Crippen molar-refractivity contribution in [3.8, 4) is 0 Å². The lowest BCUT2D eigenvalue weighted by atomic mass is 10.2. The lowest BCUT2D eigenvalue weighted by Gasteiger charge is -2.03. The Kier molecular flexibility index (Phi) is 4.66. The van der Waals surface area contributed by atoms with Gasteiger partial charge in [-0.05, 0) is 12.8 Å². The van der Waals surface area contributed by atoms with Crippen molar-refractivity contribution in [2.45, 2.75) is 52.0 Å². The average molecular weight is 195 g/mol. The second-order valence-corrected chi connectivity index (χ2v) is 3.76. The SMILES string of the molecule is CCCCCc1ncc(C(N)CC)[nH]1. The van der Waals surface area contributed by atoms with Gasteiger partial charge in [0.05, 0.1) is 5.69 Å². The Morgan fingerprint density at radius 2 is 2.21 bits per heavy atom. The van der Waals surface area contributed by atoms with Crippen LogP contribution in [0.25, 0.3) is 0 Å². The molecular formula is C11H21N3. The summed E-state index contributed by atoms with van der Waals surface area (Å²) in [4.78, 5) is 7.61. The summed E-state index contributed by atoms with van der Waals surface area (Å²) in [6.45, 7) is 4.29. The van der Waals surface area contributed by atoms with Gasteiger partial charge in [0.1, 0.15) is 5.82 Å². The lowest BCUT2D eigenvalue weighted by Crippen LogP contribution is -2.08. The molecule has 3 heteroatoms. The van der Waals surface area contributed by atoms with Crippen LogP contribution >= 0.6 is 0 Å². The number of aryl methyl sites for hydroxylation is 1. The zero-order valence-corrected chi connectivity index (χ0v) is 9.21. The molecule has 1 aromatic heterocycles. The van der Waals surface area contributed by atoms with Gasteiger partial charge < -0.3 is 10.7 Å². The fourth-order valence-corrected chi connectivity index (χ4v) is 1.46. The maximum absolute atomic E-state index is 5.89. The molecule has 0 amide bonds. The molecule has 1 atom stereocenters. The van der Waals surface area contributed by atoms with Crippen molar-refractivity contribution in [3.63, 3.8) is 0 Å². The first-order valence-electron chi connectivity index (χ1n) is 5.57. The third kappa shape index (κ3) is 3.14. The first kappa shape index (κ1) is 11.2. The van der Waals surface area contributed by atoms with Gasteiger partial charge in [-0.15, -0.1) is 0 Å². The van der Waals surface area contributed by atoms with Crippen LogP contribution in [-0.4, -0.2) is 9.97 Å². The third-order valence-electron chi connectivity index (χ3n) is 2.50. The molecule has 14 heavy (non-hydrogen) atoms. The third-order valence-corrected chi connectivity index (χ3v) is 2.50. The molecule has 0 aliphatic carbocycles.